The van der Waals surface area contributed by atoms with Gasteiger partial charge in [-0.15, -0.1) is 11.3 Å². The summed E-state index contributed by atoms with van der Waals surface area (Å²) in [5, 5.41) is 5.32. The SMILES string of the molecule is O=c1oc(Nc2ccc(SOc3ccccc3)cc2)nc2sccc12. The van der Waals surface area contributed by atoms with E-state index in [4.69, 9.17) is 8.60 Å². The summed E-state index contributed by atoms with van der Waals surface area (Å²) in [5.74, 6) is 0.796. The Hall–Kier alpha value is -2.77. The molecule has 2 aromatic heterocycles. The number of benzene rings is 2. The van der Waals surface area contributed by atoms with Gasteiger partial charge in [0.2, 0.25) is 0 Å². The van der Waals surface area contributed by atoms with Crippen LogP contribution in [0, 0.1) is 0 Å². The number of nitrogens with zero attached hydrogens (tertiary/aromatic N) is 1. The lowest BCUT2D eigenvalue weighted by atomic mass is 10.3. The molecule has 0 bridgehead atoms. The molecule has 124 valence electrons. The van der Waals surface area contributed by atoms with Crippen molar-refractivity contribution in [2.75, 3.05) is 5.32 Å². The molecule has 0 atom stereocenters. The first kappa shape index (κ1) is 15.7. The molecule has 7 heteroatoms. The summed E-state index contributed by atoms with van der Waals surface area (Å²) < 4.78 is 10.8. The Labute approximate surface area is 151 Å². The lowest BCUT2D eigenvalue weighted by molar-refractivity contribution is 0.522. The highest BCUT2D eigenvalue weighted by Gasteiger charge is 2.07. The molecule has 0 aliphatic carbocycles. The number of aromatic nitrogens is 1. The van der Waals surface area contributed by atoms with Crippen molar-refractivity contribution >= 4 is 45.3 Å². The van der Waals surface area contributed by atoms with E-state index in [1.165, 1.54) is 23.4 Å². The van der Waals surface area contributed by atoms with Crippen molar-refractivity contribution in [3.05, 3.63) is 76.5 Å². The van der Waals surface area contributed by atoms with Gasteiger partial charge in [0.15, 0.2) is 0 Å². The molecule has 0 radical (unpaired) electrons. The van der Waals surface area contributed by atoms with Crippen LogP contribution in [-0.4, -0.2) is 4.98 Å². The molecule has 4 aromatic rings. The Morgan fingerprint density at radius 1 is 1.04 bits per heavy atom. The molecule has 5 nitrogen and oxygen atoms in total. The van der Waals surface area contributed by atoms with Crippen molar-refractivity contribution in [3.63, 3.8) is 0 Å². The monoisotopic (exact) mass is 368 g/mol. The van der Waals surface area contributed by atoms with E-state index in [0.717, 1.165) is 16.3 Å². The molecule has 0 unspecified atom stereocenters. The van der Waals surface area contributed by atoms with Gasteiger partial charge in [-0.05, 0) is 47.8 Å². The molecular formula is C18H12N2O3S2. The van der Waals surface area contributed by atoms with E-state index in [1.807, 2.05) is 60.0 Å². The number of nitrogens with one attached hydrogen (secondary N) is 1. The van der Waals surface area contributed by atoms with Gasteiger partial charge in [0.1, 0.15) is 10.6 Å². The molecule has 0 amide bonds. The van der Waals surface area contributed by atoms with Crippen LogP contribution < -0.4 is 15.1 Å². The summed E-state index contributed by atoms with van der Waals surface area (Å²) in [6, 6.07) is 19.1. The second-order valence-electron chi connectivity index (χ2n) is 5.08. The van der Waals surface area contributed by atoms with E-state index in [-0.39, 0.29) is 6.01 Å². The number of para-hydroxylation sites is 1. The zero-order valence-corrected chi connectivity index (χ0v) is 14.5. The molecule has 0 aliphatic rings. The maximum Gasteiger partial charge on any atom is 0.349 e. The molecule has 0 spiro atoms. The second kappa shape index (κ2) is 7.00. The molecule has 0 saturated carbocycles. The number of anilines is 2. The fourth-order valence-corrected chi connectivity index (χ4v) is 3.44. The van der Waals surface area contributed by atoms with Crippen molar-refractivity contribution in [1.29, 1.82) is 0 Å². The molecule has 0 aliphatic heterocycles. The lowest BCUT2D eigenvalue weighted by Gasteiger charge is -2.06. The number of hydrogen-bond donors (Lipinski definition) is 1. The van der Waals surface area contributed by atoms with Gasteiger partial charge < -0.3 is 13.9 Å². The normalized spacial score (nSPS) is 10.7. The van der Waals surface area contributed by atoms with Crippen LogP contribution in [0.25, 0.3) is 10.2 Å². The predicted octanol–water partition coefficient (Wildman–Crippen LogP) is 5.08. The van der Waals surface area contributed by atoms with E-state index in [1.54, 1.807) is 6.07 Å². The Morgan fingerprint density at radius 2 is 1.84 bits per heavy atom. The van der Waals surface area contributed by atoms with Crippen molar-refractivity contribution in [3.8, 4) is 5.75 Å². The van der Waals surface area contributed by atoms with Crippen LogP contribution in [0.4, 0.5) is 11.7 Å². The summed E-state index contributed by atoms with van der Waals surface area (Å²) in [5.41, 5.74) is 0.382. The van der Waals surface area contributed by atoms with Gasteiger partial charge in [-0.3, -0.25) is 0 Å². The second-order valence-corrected chi connectivity index (χ2v) is 6.77. The molecule has 1 N–H and O–H groups in total. The van der Waals surface area contributed by atoms with E-state index >= 15 is 0 Å². The molecule has 0 saturated heterocycles. The summed E-state index contributed by atoms with van der Waals surface area (Å²) in [6.07, 6.45) is 0. The van der Waals surface area contributed by atoms with Gasteiger partial charge in [0.25, 0.3) is 0 Å². The number of rotatable bonds is 5. The fraction of sp³-hybridized carbons (Fsp3) is 0. The van der Waals surface area contributed by atoms with Crippen LogP contribution in [0.3, 0.4) is 0 Å². The fourth-order valence-electron chi connectivity index (χ4n) is 2.14. The van der Waals surface area contributed by atoms with E-state index < -0.39 is 5.63 Å². The molecule has 4 rings (SSSR count). The third-order valence-corrected chi connectivity index (χ3v) is 4.89. The van der Waals surface area contributed by atoms with Gasteiger partial charge in [-0.25, -0.2) is 4.79 Å². The minimum atomic E-state index is -0.391. The topological polar surface area (TPSA) is 64.4 Å². The first-order valence-electron chi connectivity index (χ1n) is 7.43. The average molecular weight is 368 g/mol. The third kappa shape index (κ3) is 3.67. The Kier molecular flexibility index (Phi) is 4.41. The predicted molar refractivity (Wildman–Crippen MR) is 101 cm³/mol. The Bertz CT molecular complexity index is 1040. The van der Waals surface area contributed by atoms with Crippen molar-refractivity contribution in [2.24, 2.45) is 0 Å². The summed E-state index contributed by atoms with van der Waals surface area (Å²) in [4.78, 5) is 17.8. The van der Waals surface area contributed by atoms with Gasteiger partial charge in [-0.1, -0.05) is 18.2 Å². The Morgan fingerprint density at radius 3 is 2.64 bits per heavy atom. The van der Waals surface area contributed by atoms with Crippen LogP contribution in [0.1, 0.15) is 0 Å². The summed E-state index contributed by atoms with van der Waals surface area (Å²) in [7, 11) is 0. The summed E-state index contributed by atoms with van der Waals surface area (Å²) >= 11 is 2.68. The van der Waals surface area contributed by atoms with Crippen molar-refractivity contribution in [1.82, 2.24) is 4.98 Å². The highest BCUT2D eigenvalue weighted by Crippen LogP contribution is 2.25. The molecule has 0 fully saturated rings. The number of thiophene rings is 1. The van der Waals surface area contributed by atoms with Crippen LogP contribution in [-0.2, 0) is 0 Å². The van der Waals surface area contributed by atoms with Crippen molar-refractivity contribution in [2.45, 2.75) is 4.90 Å². The first-order chi connectivity index (χ1) is 12.3. The zero-order valence-electron chi connectivity index (χ0n) is 12.8. The van der Waals surface area contributed by atoms with Gasteiger partial charge in [0, 0.05) is 10.6 Å². The molecular weight excluding hydrogens is 356 g/mol. The molecule has 25 heavy (non-hydrogen) atoms. The minimum absolute atomic E-state index is 0.181. The maximum absolute atomic E-state index is 11.9. The largest absolute Gasteiger partial charge is 0.421 e. The van der Waals surface area contributed by atoms with E-state index in [0.29, 0.717) is 10.2 Å². The molecule has 2 heterocycles. The van der Waals surface area contributed by atoms with E-state index in [9.17, 15) is 4.79 Å². The Balaban J connectivity index is 1.45. The van der Waals surface area contributed by atoms with Crippen LogP contribution >= 0.6 is 23.4 Å². The van der Waals surface area contributed by atoms with Crippen LogP contribution in [0.5, 0.6) is 5.75 Å². The quantitative estimate of drug-likeness (QED) is 0.496. The smallest absolute Gasteiger partial charge is 0.349 e. The zero-order chi connectivity index (χ0) is 17.1. The van der Waals surface area contributed by atoms with Crippen LogP contribution in [0.15, 0.2) is 80.2 Å². The van der Waals surface area contributed by atoms with Gasteiger partial charge in [0.05, 0.1) is 17.4 Å². The first-order valence-corrected chi connectivity index (χ1v) is 9.05. The highest BCUT2D eigenvalue weighted by atomic mass is 32.2. The van der Waals surface area contributed by atoms with Crippen LogP contribution in [0.2, 0.25) is 0 Å². The average Bonchev–Trinajstić information content (AvgIpc) is 3.11. The number of hydrogen-bond acceptors (Lipinski definition) is 7. The third-order valence-electron chi connectivity index (χ3n) is 3.34. The van der Waals surface area contributed by atoms with Gasteiger partial charge >= 0.3 is 11.6 Å². The summed E-state index contributed by atoms with van der Waals surface area (Å²) in [6.45, 7) is 0. The minimum Gasteiger partial charge on any atom is -0.421 e. The lowest BCUT2D eigenvalue weighted by Crippen LogP contribution is -2.03. The molecule has 2 aromatic carbocycles. The number of fused-ring (bicyclic) bond motifs is 1. The highest BCUT2D eigenvalue weighted by molar-refractivity contribution is 7.95. The van der Waals surface area contributed by atoms with Gasteiger partial charge in [-0.2, -0.15) is 4.98 Å². The maximum atomic E-state index is 11.9. The van der Waals surface area contributed by atoms with Crippen molar-refractivity contribution < 1.29 is 8.60 Å². The standard InChI is InChI=1S/C18H12N2O3S2/c21-17-15-10-11-24-16(15)20-18(22-17)19-12-6-8-14(9-7-12)25-23-13-4-2-1-3-5-13/h1-11H,(H,19,20). The van der Waals surface area contributed by atoms with E-state index in [2.05, 4.69) is 10.3 Å².